The Hall–Kier alpha value is -3.02. The minimum atomic E-state index is -0.939. The van der Waals surface area contributed by atoms with Crippen LogP contribution in [0.1, 0.15) is 60.8 Å². The molecule has 146 valence electrons. The van der Waals surface area contributed by atoms with E-state index >= 15 is 0 Å². The van der Waals surface area contributed by atoms with Crippen molar-refractivity contribution in [1.82, 2.24) is 19.7 Å². The molecule has 1 N–H and O–H groups in total. The summed E-state index contributed by atoms with van der Waals surface area (Å²) in [5, 5.41) is 14.0. The quantitative estimate of drug-likeness (QED) is 0.559. The van der Waals surface area contributed by atoms with Crippen molar-refractivity contribution in [2.45, 2.75) is 52.5 Å². The Morgan fingerprint density at radius 3 is 2.61 bits per heavy atom. The predicted molar refractivity (Wildman–Crippen MR) is 108 cm³/mol. The molecule has 28 heavy (non-hydrogen) atoms. The number of unbranched alkanes of at least 4 members (excludes halogenated alkanes) is 2. The van der Waals surface area contributed by atoms with E-state index in [1.807, 2.05) is 22.9 Å². The molecular weight excluding hydrogens is 352 g/mol. The smallest absolute Gasteiger partial charge is 0.336 e. The van der Waals surface area contributed by atoms with Gasteiger partial charge in [-0.25, -0.2) is 14.5 Å². The molecular formula is C22H26N4O2. The first-order chi connectivity index (χ1) is 13.6. The molecule has 0 unspecified atom stereocenters. The average molecular weight is 378 g/mol. The summed E-state index contributed by atoms with van der Waals surface area (Å²) in [6.07, 6.45) is 6.93. The van der Waals surface area contributed by atoms with Gasteiger partial charge in [0, 0.05) is 24.6 Å². The van der Waals surface area contributed by atoms with Crippen molar-refractivity contribution in [2.75, 3.05) is 0 Å². The van der Waals surface area contributed by atoms with E-state index in [2.05, 4.69) is 28.9 Å². The van der Waals surface area contributed by atoms with Crippen LogP contribution in [0.2, 0.25) is 0 Å². The molecule has 1 aromatic carbocycles. The van der Waals surface area contributed by atoms with Gasteiger partial charge in [-0.15, -0.1) is 0 Å². The topological polar surface area (TPSA) is 80.9 Å². The second kappa shape index (κ2) is 9.26. The van der Waals surface area contributed by atoms with Crippen LogP contribution < -0.4 is 0 Å². The molecule has 3 aromatic rings. The first-order valence-electron chi connectivity index (χ1n) is 9.82. The fourth-order valence-electron chi connectivity index (χ4n) is 3.17. The molecule has 0 saturated heterocycles. The summed E-state index contributed by atoms with van der Waals surface area (Å²) >= 11 is 0. The van der Waals surface area contributed by atoms with Gasteiger partial charge in [-0.3, -0.25) is 4.98 Å². The first kappa shape index (κ1) is 19.7. The molecule has 0 fully saturated rings. The number of aromatic nitrogens is 4. The van der Waals surface area contributed by atoms with Crippen LogP contribution in [0.3, 0.4) is 0 Å². The lowest BCUT2D eigenvalue weighted by Gasteiger charge is -2.08. The average Bonchev–Trinajstić information content (AvgIpc) is 3.10. The number of aryl methyl sites for hydroxylation is 2. The third-order valence-electron chi connectivity index (χ3n) is 4.72. The Labute approximate surface area is 165 Å². The molecule has 6 nitrogen and oxygen atoms in total. The van der Waals surface area contributed by atoms with Crippen molar-refractivity contribution in [2.24, 2.45) is 0 Å². The van der Waals surface area contributed by atoms with E-state index in [-0.39, 0.29) is 5.56 Å². The zero-order chi connectivity index (χ0) is 19.9. The standard InChI is InChI=1S/C22H26N4O2/c1-3-5-6-11-21-24-20(4-2)25-26(21)15-17-13-12-16(14-23-17)18-9-7-8-10-19(18)22(27)28/h7-10,12-14H,3-6,11,15H2,1-2H3,(H,27,28). The van der Waals surface area contributed by atoms with E-state index in [1.54, 1.807) is 24.4 Å². The molecule has 0 spiro atoms. The minimum absolute atomic E-state index is 0.277. The van der Waals surface area contributed by atoms with Gasteiger partial charge in [0.1, 0.15) is 5.82 Å². The highest BCUT2D eigenvalue weighted by atomic mass is 16.4. The number of hydrogen-bond donors (Lipinski definition) is 1. The maximum Gasteiger partial charge on any atom is 0.336 e. The van der Waals surface area contributed by atoms with Gasteiger partial charge in [0.05, 0.1) is 17.8 Å². The van der Waals surface area contributed by atoms with Gasteiger partial charge in [-0.05, 0) is 24.1 Å². The number of rotatable bonds is 9. The monoisotopic (exact) mass is 378 g/mol. The molecule has 0 aliphatic heterocycles. The van der Waals surface area contributed by atoms with E-state index < -0.39 is 5.97 Å². The molecule has 2 aromatic heterocycles. The zero-order valence-electron chi connectivity index (χ0n) is 16.4. The summed E-state index contributed by atoms with van der Waals surface area (Å²) in [6.45, 7) is 4.81. The van der Waals surface area contributed by atoms with Gasteiger partial charge in [0.25, 0.3) is 0 Å². The SMILES string of the molecule is CCCCCc1nc(CC)nn1Cc1ccc(-c2ccccc2C(=O)O)cn1. The fourth-order valence-corrected chi connectivity index (χ4v) is 3.17. The maximum atomic E-state index is 11.4. The zero-order valence-corrected chi connectivity index (χ0v) is 16.4. The van der Waals surface area contributed by atoms with Crippen molar-refractivity contribution in [3.05, 3.63) is 65.5 Å². The Balaban J connectivity index is 1.80. The van der Waals surface area contributed by atoms with Gasteiger partial charge in [0.15, 0.2) is 5.82 Å². The van der Waals surface area contributed by atoms with E-state index in [0.29, 0.717) is 12.1 Å². The number of pyridine rings is 1. The Kier molecular flexibility index (Phi) is 6.53. The number of nitrogens with zero attached hydrogens (tertiary/aromatic N) is 4. The van der Waals surface area contributed by atoms with Crippen LogP contribution in [-0.2, 0) is 19.4 Å². The predicted octanol–water partition coefficient (Wildman–Crippen LogP) is 4.38. The van der Waals surface area contributed by atoms with E-state index in [9.17, 15) is 9.90 Å². The maximum absolute atomic E-state index is 11.4. The van der Waals surface area contributed by atoms with Crippen LogP contribution >= 0.6 is 0 Å². The van der Waals surface area contributed by atoms with Gasteiger partial charge in [0.2, 0.25) is 0 Å². The summed E-state index contributed by atoms with van der Waals surface area (Å²) in [6, 6.07) is 10.8. The van der Waals surface area contributed by atoms with Crippen LogP contribution in [0.5, 0.6) is 0 Å². The highest BCUT2D eigenvalue weighted by Gasteiger charge is 2.13. The number of carboxylic acids is 1. The highest BCUT2D eigenvalue weighted by molar-refractivity contribution is 5.95. The summed E-state index contributed by atoms with van der Waals surface area (Å²) < 4.78 is 1.95. The molecule has 0 bridgehead atoms. The van der Waals surface area contributed by atoms with Gasteiger partial charge >= 0.3 is 5.97 Å². The number of benzene rings is 1. The highest BCUT2D eigenvalue weighted by Crippen LogP contribution is 2.23. The van der Waals surface area contributed by atoms with Crippen molar-refractivity contribution >= 4 is 5.97 Å². The molecule has 0 atom stereocenters. The Bertz CT molecular complexity index is 932. The van der Waals surface area contributed by atoms with Crippen LogP contribution in [0.4, 0.5) is 0 Å². The number of aromatic carboxylic acids is 1. The third kappa shape index (κ3) is 4.63. The van der Waals surface area contributed by atoms with Crippen LogP contribution in [0, 0.1) is 0 Å². The number of hydrogen-bond acceptors (Lipinski definition) is 4. The molecule has 0 radical (unpaired) electrons. The molecule has 6 heteroatoms. The van der Waals surface area contributed by atoms with E-state index in [1.165, 1.54) is 12.8 Å². The molecule has 3 rings (SSSR count). The van der Waals surface area contributed by atoms with Crippen molar-refractivity contribution < 1.29 is 9.90 Å². The van der Waals surface area contributed by atoms with Crippen molar-refractivity contribution in [3.8, 4) is 11.1 Å². The Morgan fingerprint density at radius 1 is 1.11 bits per heavy atom. The lowest BCUT2D eigenvalue weighted by atomic mass is 10.0. The van der Waals surface area contributed by atoms with Gasteiger partial charge < -0.3 is 5.11 Å². The van der Waals surface area contributed by atoms with E-state index in [0.717, 1.165) is 42.2 Å². The summed E-state index contributed by atoms with van der Waals surface area (Å²) in [7, 11) is 0. The number of carbonyl (C=O) groups is 1. The second-order valence-corrected chi connectivity index (χ2v) is 6.80. The number of carboxylic acid groups (broad SMARTS) is 1. The fraction of sp³-hybridized carbons (Fsp3) is 0.364. The molecule has 0 aliphatic rings. The molecule has 2 heterocycles. The van der Waals surface area contributed by atoms with Crippen LogP contribution in [0.15, 0.2) is 42.6 Å². The first-order valence-corrected chi connectivity index (χ1v) is 9.82. The summed E-state index contributed by atoms with van der Waals surface area (Å²) in [4.78, 5) is 20.6. The van der Waals surface area contributed by atoms with Crippen molar-refractivity contribution in [1.29, 1.82) is 0 Å². The normalized spacial score (nSPS) is 10.9. The van der Waals surface area contributed by atoms with Crippen LogP contribution in [-0.4, -0.2) is 30.8 Å². The van der Waals surface area contributed by atoms with Crippen LogP contribution in [0.25, 0.3) is 11.1 Å². The second-order valence-electron chi connectivity index (χ2n) is 6.80. The van der Waals surface area contributed by atoms with Gasteiger partial charge in [-0.2, -0.15) is 5.10 Å². The third-order valence-corrected chi connectivity index (χ3v) is 4.72. The lowest BCUT2D eigenvalue weighted by molar-refractivity contribution is 0.0697. The van der Waals surface area contributed by atoms with Gasteiger partial charge in [-0.1, -0.05) is 51.0 Å². The van der Waals surface area contributed by atoms with Crippen molar-refractivity contribution in [3.63, 3.8) is 0 Å². The summed E-state index contributed by atoms with van der Waals surface area (Å²) in [5.74, 6) is 0.928. The lowest BCUT2D eigenvalue weighted by Crippen LogP contribution is -2.08. The molecule has 0 saturated carbocycles. The summed E-state index contributed by atoms with van der Waals surface area (Å²) in [5.41, 5.74) is 2.61. The largest absolute Gasteiger partial charge is 0.478 e. The molecule has 0 aliphatic carbocycles. The van der Waals surface area contributed by atoms with E-state index in [4.69, 9.17) is 0 Å². The molecule has 0 amide bonds. The minimum Gasteiger partial charge on any atom is -0.478 e. The Morgan fingerprint density at radius 2 is 1.93 bits per heavy atom.